The highest BCUT2D eigenvalue weighted by Crippen LogP contribution is 2.26. The summed E-state index contributed by atoms with van der Waals surface area (Å²) in [6.07, 6.45) is 1.22. The van der Waals surface area contributed by atoms with Crippen molar-refractivity contribution in [2.24, 2.45) is 0 Å². The summed E-state index contributed by atoms with van der Waals surface area (Å²) >= 11 is 0. The summed E-state index contributed by atoms with van der Waals surface area (Å²) in [6.45, 7) is 0. The Hall–Kier alpha value is -0.940. The van der Waals surface area contributed by atoms with Crippen LogP contribution in [-0.4, -0.2) is 30.6 Å². The van der Waals surface area contributed by atoms with E-state index in [2.05, 4.69) is 0 Å². The third-order valence-electron chi connectivity index (χ3n) is 3.03. The van der Waals surface area contributed by atoms with Gasteiger partial charge in [-0.25, -0.2) is 12.8 Å². The second-order valence-corrected chi connectivity index (χ2v) is 6.91. The first-order chi connectivity index (χ1) is 7.89. The second kappa shape index (κ2) is 4.38. The molecule has 94 valence electrons. The van der Waals surface area contributed by atoms with Gasteiger partial charge in [-0.3, -0.25) is 0 Å². The molecule has 0 aliphatic carbocycles. The lowest BCUT2D eigenvalue weighted by Crippen LogP contribution is -2.44. The first kappa shape index (κ1) is 12.5. The summed E-state index contributed by atoms with van der Waals surface area (Å²) in [5.74, 6) is -0.382. The van der Waals surface area contributed by atoms with Crippen LogP contribution in [0.1, 0.15) is 18.4 Å². The number of aliphatic hydroxyl groups is 1. The number of rotatable bonds is 2. The van der Waals surface area contributed by atoms with E-state index < -0.39 is 15.4 Å². The van der Waals surface area contributed by atoms with Crippen molar-refractivity contribution in [2.75, 3.05) is 11.5 Å². The van der Waals surface area contributed by atoms with E-state index in [1.807, 2.05) is 0 Å². The van der Waals surface area contributed by atoms with Crippen molar-refractivity contribution in [3.05, 3.63) is 35.6 Å². The molecule has 1 saturated heterocycles. The van der Waals surface area contributed by atoms with E-state index in [1.54, 1.807) is 12.1 Å². The predicted octanol–water partition coefficient (Wildman–Crippen LogP) is 1.31. The average Bonchev–Trinajstić information content (AvgIpc) is 2.19. The molecule has 3 nitrogen and oxygen atoms in total. The number of halogens is 1. The van der Waals surface area contributed by atoms with E-state index in [0.717, 1.165) is 5.56 Å². The van der Waals surface area contributed by atoms with Gasteiger partial charge in [-0.15, -0.1) is 0 Å². The maximum atomic E-state index is 12.7. The van der Waals surface area contributed by atoms with Gasteiger partial charge < -0.3 is 5.11 Å². The van der Waals surface area contributed by atoms with Crippen LogP contribution in [0.2, 0.25) is 0 Å². The van der Waals surface area contributed by atoms with Gasteiger partial charge in [0.1, 0.15) is 5.82 Å². The molecule has 0 radical (unpaired) electrons. The minimum atomic E-state index is -3.14. The van der Waals surface area contributed by atoms with E-state index in [4.69, 9.17) is 0 Å². The molecule has 0 saturated carbocycles. The Morgan fingerprint density at radius 2 is 1.94 bits per heavy atom. The van der Waals surface area contributed by atoms with E-state index in [0.29, 0.717) is 12.8 Å². The molecule has 1 aromatic rings. The first-order valence-electron chi connectivity index (χ1n) is 5.56. The zero-order valence-electron chi connectivity index (χ0n) is 9.39. The van der Waals surface area contributed by atoms with Gasteiger partial charge in [0.15, 0.2) is 9.84 Å². The quantitative estimate of drug-likeness (QED) is 0.870. The van der Waals surface area contributed by atoms with Gasteiger partial charge in [0, 0.05) is 6.42 Å². The third kappa shape index (κ3) is 3.26. The van der Waals surface area contributed by atoms with Gasteiger partial charge in [-0.2, -0.15) is 0 Å². The minimum Gasteiger partial charge on any atom is -0.388 e. The van der Waals surface area contributed by atoms with E-state index in [1.165, 1.54) is 12.1 Å². The molecule has 0 spiro atoms. The Labute approximate surface area is 100 Å². The molecule has 1 fully saturated rings. The maximum absolute atomic E-state index is 12.7. The molecule has 1 aliphatic rings. The second-order valence-electron chi connectivity index (χ2n) is 4.72. The Morgan fingerprint density at radius 3 is 2.53 bits per heavy atom. The fraction of sp³-hybridized carbons (Fsp3) is 0.500. The van der Waals surface area contributed by atoms with Crippen molar-refractivity contribution in [1.82, 2.24) is 0 Å². The first-order valence-corrected chi connectivity index (χ1v) is 7.38. The molecule has 1 heterocycles. The molecule has 2 rings (SSSR count). The van der Waals surface area contributed by atoms with Gasteiger partial charge in [0.05, 0.1) is 17.1 Å². The van der Waals surface area contributed by atoms with Crippen LogP contribution >= 0.6 is 0 Å². The van der Waals surface area contributed by atoms with Crippen LogP contribution in [0.4, 0.5) is 4.39 Å². The molecule has 1 atom stereocenters. The van der Waals surface area contributed by atoms with Crippen molar-refractivity contribution < 1.29 is 17.9 Å². The molecular formula is C12H15FO3S. The molecule has 1 aliphatic heterocycles. The van der Waals surface area contributed by atoms with Crippen LogP contribution in [-0.2, 0) is 16.3 Å². The molecule has 5 heteroatoms. The normalized spacial score (nSPS) is 27.9. The molecule has 1 aromatic carbocycles. The van der Waals surface area contributed by atoms with Crippen molar-refractivity contribution in [2.45, 2.75) is 24.9 Å². The highest BCUT2D eigenvalue weighted by Gasteiger charge is 2.37. The largest absolute Gasteiger partial charge is 0.388 e. The monoisotopic (exact) mass is 258 g/mol. The van der Waals surface area contributed by atoms with E-state index in [-0.39, 0.29) is 23.7 Å². The molecule has 0 amide bonds. The predicted molar refractivity (Wildman–Crippen MR) is 62.9 cm³/mol. The lowest BCUT2D eigenvalue weighted by molar-refractivity contribution is 0.0502. The average molecular weight is 258 g/mol. The highest BCUT2D eigenvalue weighted by atomic mass is 32.2. The smallest absolute Gasteiger partial charge is 0.153 e. The van der Waals surface area contributed by atoms with Crippen molar-refractivity contribution in [3.63, 3.8) is 0 Å². The van der Waals surface area contributed by atoms with Crippen LogP contribution in [0, 0.1) is 5.82 Å². The van der Waals surface area contributed by atoms with E-state index >= 15 is 0 Å². The van der Waals surface area contributed by atoms with Crippen LogP contribution in [0.15, 0.2) is 24.3 Å². The molecule has 0 bridgehead atoms. The number of benzene rings is 1. The third-order valence-corrected chi connectivity index (χ3v) is 4.92. The summed E-state index contributed by atoms with van der Waals surface area (Å²) < 4.78 is 35.7. The molecular weight excluding hydrogens is 243 g/mol. The van der Waals surface area contributed by atoms with E-state index in [9.17, 15) is 17.9 Å². The molecule has 1 N–H and O–H groups in total. The number of hydrogen-bond donors (Lipinski definition) is 1. The fourth-order valence-electron chi connectivity index (χ4n) is 2.30. The van der Waals surface area contributed by atoms with Gasteiger partial charge in [0.25, 0.3) is 0 Å². The highest BCUT2D eigenvalue weighted by molar-refractivity contribution is 7.91. The SMILES string of the molecule is O=S1(=O)CCCC(O)(Cc2ccc(F)cc2)C1. The molecule has 0 aromatic heterocycles. The van der Waals surface area contributed by atoms with Crippen LogP contribution < -0.4 is 0 Å². The topological polar surface area (TPSA) is 54.4 Å². The molecule has 1 unspecified atom stereocenters. The van der Waals surface area contributed by atoms with Crippen LogP contribution in [0.3, 0.4) is 0 Å². The minimum absolute atomic E-state index is 0.152. The molecule has 17 heavy (non-hydrogen) atoms. The van der Waals surface area contributed by atoms with Gasteiger partial charge in [-0.05, 0) is 30.5 Å². The zero-order valence-corrected chi connectivity index (χ0v) is 10.2. The van der Waals surface area contributed by atoms with Crippen molar-refractivity contribution >= 4 is 9.84 Å². The lowest BCUT2D eigenvalue weighted by atomic mass is 9.91. The van der Waals surface area contributed by atoms with Crippen molar-refractivity contribution in [1.29, 1.82) is 0 Å². The Balaban J connectivity index is 2.14. The van der Waals surface area contributed by atoms with Crippen LogP contribution in [0.25, 0.3) is 0 Å². The summed E-state index contributed by atoms with van der Waals surface area (Å²) in [5.41, 5.74) is -0.444. The summed E-state index contributed by atoms with van der Waals surface area (Å²) in [6, 6.07) is 5.79. The lowest BCUT2D eigenvalue weighted by Gasteiger charge is -2.31. The summed E-state index contributed by atoms with van der Waals surface area (Å²) in [5, 5.41) is 10.3. The van der Waals surface area contributed by atoms with Crippen LogP contribution in [0.5, 0.6) is 0 Å². The summed E-state index contributed by atoms with van der Waals surface area (Å²) in [7, 11) is -3.14. The number of hydrogen-bond acceptors (Lipinski definition) is 3. The fourth-order valence-corrected chi connectivity index (χ4v) is 4.09. The van der Waals surface area contributed by atoms with Gasteiger partial charge in [-0.1, -0.05) is 12.1 Å². The van der Waals surface area contributed by atoms with Gasteiger partial charge >= 0.3 is 0 Å². The maximum Gasteiger partial charge on any atom is 0.153 e. The van der Waals surface area contributed by atoms with Crippen molar-refractivity contribution in [3.8, 4) is 0 Å². The Morgan fingerprint density at radius 1 is 1.29 bits per heavy atom. The van der Waals surface area contributed by atoms with Gasteiger partial charge in [0.2, 0.25) is 0 Å². The Bertz CT molecular complexity index is 495. The summed E-state index contributed by atoms with van der Waals surface area (Å²) in [4.78, 5) is 0. The Kier molecular flexibility index (Phi) is 3.23. The number of sulfone groups is 1. The standard InChI is InChI=1S/C12H15FO3S/c13-11-4-2-10(3-5-11)8-12(14)6-1-7-17(15,16)9-12/h2-5,14H,1,6-9H2. The zero-order chi connectivity index (χ0) is 12.5.